The van der Waals surface area contributed by atoms with Crippen molar-refractivity contribution in [3.8, 4) is 0 Å². The molecule has 2 aromatic carbocycles. The van der Waals surface area contributed by atoms with E-state index in [-0.39, 0.29) is 24.5 Å². The Morgan fingerprint density at radius 3 is 1.96 bits per heavy atom. The van der Waals surface area contributed by atoms with Crippen LogP contribution in [0.4, 0.5) is 4.79 Å². The predicted molar refractivity (Wildman–Crippen MR) is 97.9 cm³/mol. The van der Waals surface area contributed by atoms with Crippen molar-refractivity contribution in [2.75, 3.05) is 6.54 Å². The van der Waals surface area contributed by atoms with Gasteiger partial charge < -0.3 is 10.6 Å². The zero-order valence-electron chi connectivity index (χ0n) is 14.7. The summed E-state index contributed by atoms with van der Waals surface area (Å²) >= 11 is 0. The molecule has 2 rings (SSSR count). The van der Waals surface area contributed by atoms with Crippen LogP contribution in [0.25, 0.3) is 0 Å². The lowest BCUT2D eigenvalue weighted by Crippen LogP contribution is -2.88. The van der Waals surface area contributed by atoms with Gasteiger partial charge in [-0.15, -0.1) is 0 Å². The van der Waals surface area contributed by atoms with Crippen LogP contribution in [0.2, 0.25) is 0 Å². The monoisotopic (exact) mass is 340 g/mol. The van der Waals surface area contributed by atoms with Crippen molar-refractivity contribution in [1.29, 1.82) is 0 Å². The highest BCUT2D eigenvalue weighted by Gasteiger charge is 2.19. The molecule has 5 nitrogen and oxygen atoms in total. The summed E-state index contributed by atoms with van der Waals surface area (Å²) in [6, 6.07) is 19.7. The summed E-state index contributed by atoms with van der Waals surface area (Å²) in [5.74, 6) is -0.308. The quantitative estimate of drug-likeness (QED) is 0.721. The maximum absolute atomic E-state index is 12.1. The van der Waals surface area contributed by atoms with E-state index in [0.717, 1.165) is 17.5 Å². The average Bonchev–Trinajstić information content (AvgIpc) is 2.63. The number of carbonyl (C=O) groups is 2. The first-order chi connectivity index (χ1) is 12.1. The number of quaternary nitrogens is 1. The molecule has 132 valence electrons. The molecule has 0 unspecified atom stereocenters. The molecule has 3 amide bonds. The minimum absolute atomic E-state index is 0.00535. The van der Waals surface area contributed by atoms with E-state index < -0.39 is 6.03 Å². The molecule has 0 heterocycles. The molecule has 25 heavy (non-hydrogen) atoms. The number of hydrogen-bond acceptors (Lipinski definition) is 2. The number of carbonyl (C=O) groups excluding carboxylic acids is 2. The molecule has 1 atom stereocenters. The van der Waals surface area contributed by atoms with Gasteiger partial charge in [-0.05, 0) is 13.3 Å². The molecular weight excluding hydrogens is 314 g/mol. The summed E-state index contributed by atoms with van der Waals surface area (Å²) in [6.07, 6.45) is 0.817. The number of nitrogens with two attached hydrogens (primary N) is 1. The van der Waals surface area contributed by atoms with Gasteiger partial charge in [-0.2, -0.15) is 0 Å². The van der Waals surface area contributed by atoms with Crippen molar-refractivity contribution in [2.24, 2.45) is 0 Å². The van der Waals surface area contributed by atoms with Crippen LogP contribution in [0.5, 0.6) is 0 Å². The Morgan fingerprint density at radius 2 is 1.48 bits per heavy atom. The second-order valence-corrected chi connectivity index (χ2v) is 6.07. The van der Waals surface area contributed by atoms with Gasteiger partial charge in [0.05, 0.1) is 0 Å². The Hall–Kier alpha value is -2.66. The van der Waals surface area contributed by atoms with Gasteiger partial charge in [-0.3, -0.25) is 10.1 Å². The van der Waals surface area contributed by atoms with Crippen LogP contribution in [0, 0.1) is 0 Å². The lowest BCUT2D eigenvalue weighted by atomic mass is 9.99. The van der Waals surface area contributed by atoms with Crippen LogP contribution < -0.4 is 16.0 Å². The summed E-state index contributed by atoms with van der Waals surface area (Å²) in [4.78, 5) is 23.8. The summed E-state index contributed by atoms with van der Waals surface area (Å²) < 4.78 is 0. The third kappa shape index (κ3) is 6.04. The molecule has 0 aliphatic carbocycles. The molecule has 0 aliphatic rings. The van der Waals surface area contributed by atoms with Crippen LogP contribution in [0.1, 0.15) is 37.4 Å². The van der Waals surface area contributed by atoms with Gasteiger partial charge in [0.15, 0.2) is 6.54 Å². The van der Waals surface area contributed by atoms with Crippen LogP contribution in [0.15, 0.2) is 60.7 Å². The maximum Gasteiger partial charge on any atom is 0.321 e. The Balaban J connectivity index is 1.99. The van der Waals surface area contributed by atoms with Gasteiger partial charge in [-0.25, -0.2) is 4.79 Å². The lowest BCUT2D eigenvalue weighted by molar-refractivity contribution is -0.676. The highest BCUT2D eigenvalue weighted by molar-refractivity contribution is 5.94. The van der Waals surface area contributed by atoms with E-state index in [1.807, 2.05) is 79.8 Å². The fraction of sp³-hybridized carbons (Fsp3) is 0.300. The minimum Gasteiger partial charge on any atom is -0.335 e. The highest BCUT2D eigenvalue weighted by Crippen LogP contribution is 2.17. The van der Waals surface area contributed by atoms with Gasteiger partial charge in [0, 0.05) is 17.2 Å². The van der Waals surface area contributed by atoms with Crippen LogP contribution in [0.3, 0.4) is 0 Å². The summed E-state index contributed by atoms with van der Waals surface area (Å²) in [5.41, 5.74) is 2.23. The van der Waals surface area contributed by atoms with Gasteiger partial charge in [0.25, 0.3) is 5.91 Å². The van der Waals surface area contributed by atoms with Crippen LogP contribution >= 0.6 is 0 Å². The van der Waals surface area contributed by atoms with E-state index in [1.165, 1.54) is 0 Å². The van der Waals surface area contributed by atoms with Crippen molar-refractivity contribution >= 4 is 11.9 Å². The number of amides is 3. The number of nitrogens with one attached hydrogen (secondary N) is 2. The van der Waals surface area contributed by atoms with Crippen LogP contribution in [-0.4, -0.2) is 24.5 Å². The van der Waals surface area contributed by atoms with E-state index in [2.05, 4.69) is 10.6 Å². The fourth-order valence-corrected chi connectivity index (χ4v) is 2.55. The molecule has 0 fully saturated rings. The third-order valence-corrected chi connectivity index (χ3v) is 4.10. The molecule has 0 bridgehead atoms. The van der Waals surface area contributed by atoms with Crippen molar-refractivity contribution in [3.05, 3.63) is 71.8 Å². The zero-order valence-corrected chi connectivity index (χ0v) is 14.7. The second-order valence-electron chi connectivity index (χ2n) is 6.07. The number of imide groups is 1. The van der Waals surface area contributed by atoms with Crippen molar-refractivity contribution < 1.29 is 14.9 Å². The number of rotatable bonds is 7. The zero-order chi connectivity index (χ0) is 18.1. The molecular formula is C20H26N3O2+. The molecule has 0 saturated heterocycles. The fourth-order valence-electron chi connectivity index (χ4n) is 2.55. The minimum atomic E-state index is -0.441. The van der Waals surface area contributed by atoms with E-state index in [1.54, 1.807) is 0 Å². The highest BCUT2D eigenvalue weighted by atomic mass is 16.2. The van der Waals surface area contributed by atoms with Gasteiger partial charge in [0.1, 0.15) is 6.04 Å². The molecule has 0 aromatic heterocycles. The lowest BCUT2D eigenvalue weighted by Gasteiger charge is -2.17. The van der Waals surface area contributed by atoms with E-state index >= 15 is 0 Å². The summed E-state index contributed by atoms with van der Waals surface area (Å²) in [6.45, 7) is 4.05. The molecule has 2 aromatic rings. The Bertz CT molecular complexity index is 634. The van der Waals surface area contributed by atoms with Crippen molar-refractivity contribution in [1.82, 2.24) is 10.6 Å². The molecule has 0 aliphatic heterocycles. The van der Waals surface area contributed by atoms with Gasteiger partial charge in [0.2, 0.25) is 0 Å². The summed E-state index contributed by atoms with van der Waals surface area (Å²) in [5, 5.41) is 7.05. The number of benzene rings is 2. The predicted octanol–water partition coefficient (Wildman–Crippen LogP) is 1.96. The largest absolute Gasteiger partial charge is 0.335 e. The molecule has 4 N–H and O–H groups in total. The third-order valence-electron chi connectivity index (χ3n) is 4.10. The summed E-state index contributed by atoms with van der Waals surface area (Å²) in [7, 11) is 0. The molecule has 0 saturated carbocycles. The average molecular weight is 340 g/mol. The van der Waals surface area contributed by atoms with Crippen LogP contribution in [-0.2, 0) is 4.79 Å². The second kappa shape index (κ2) is 9.59. The topological polar surface area (TPSA) is 74.8 Å². The Morgan fingerprint density at radius 1 is 0.960 bits per heavy atom. The maximum atomic E-state index is 12.1. The Kier molecular flexibility index (Phi) is 7.16. The molecule has 0 spiro atoms. The number of urea groups is 1. The van der Waals surface area contributed by atoms with Gasteiger partial charge in [-0.1, -0.05) is 67.6 Å². The smallest absolute Gasteiger partial charge is 0.321 e. The molecule has 0 radical (unpaired) electrons. The standard InChI is InChI=1S/C20H25N3O2/c1-3-15(2)22-20(25)23-18(24)14-21-19(16-10-6-4-7-11-16)17-12-8-5-9-13-17/h4-13,15,19,21H,3,14H2,1-2H3,(H2,22,23,24,25)/p+1/t15-/m1/s1. The number of hydrogen-bond donors (Lipinski definition) is 3. The Labute approximate surface area is 148 Å². The molecule has 5 heteroatoms. The SMILES string of the molecule is CC[C@@H](C)NC(=O)NC(=O)C[NH2+]C(c1ccccc1)c1ccccc1. The van der Waals surface area contributed by atoms with Crippen molar-refractivity contribution in [3.63, 3.8) is 0 Å². The van der Waals surface area contributed by atoms with E-state index in [9.17, 15) is 9.59 Å². The first-order valence-electron chi connectivity index (χ1n) is 8.63. The van der Waals surface area contributed by atoms with E-state index in [0.29, 0.717) is 0 Å². The van der Waals surface area contributed by atoms with Crippen molar-refractivity contribution in [2.45, 2.75) is 32.4 Å². The van der Waals surface area contributed by atoms with Gasteiger partial charge >= 0.3 is 6.03 Å². The first kappa shape index (κ1) is 18.7. The first-order valence-corrected chi connectivity index (χ1v) is 8.63. The van der Waals surface area contributed by atoms with E-state index in [4.69, 9.17) is 0 Å². The normalized spacial score (nSPS) is 11.8.